The number of rotatable bonds is 6. The lowest BCUT2D eigenvalue weighted by atomic mass is 10.00. The third kappa shape index (κ3) is 5.15. The number of hydrogen-bond acceptors (Lipinski definition) is 4. The molecule has 1 aliphatic heterocycles. The Morgan fingerprint density at radius 2 is 1.82 bits per heavy atom. The van der Waals surface area contributed by atoms with Crippen LogP contribution in [0.5, 0.6) is 5.75 Å². The number of ether oxygens (including phenoxy) is 1. The number of anilines is 1. The second-order valence-electron chi connectivity index (χ2n) is 8.12. The highest BCUT2D eigenvalue weighted by atomic mass is 35.5. The molecular formula is C24H26ClF3N4O2. The Morgan fingerprint density at radius 1 is 1.12 bits per heavy atom. The number of hydrogen-bond donors (Lipinski definition) is 2. The van der Waals surface area contributed by atoms with E-state index in [0.29, 0.717) is 36.3 Å². The fourth-order valence-corrected chi connectivity index (χ4v) is 4.19. The second-order valence-corrected chi connectivity index (χ2v) is 8.12. The number of carbonyl (C=O) groups excluding carboxylic acids is 1. The molecule has 1 aromatic heterocycles. The number of fused-ring (bicyclic) bond motifs is 1. The molecule has 34 heavy (non-hydrogen) atoms. The van der Waals surface area contributed by atoms with Gasteiger partial charge in [0.2, 0.25) is 0 Å². The third-order valence-corrected chi connectivity index (χ3v) is 5.67. The molecule has 0 fully saturated rings. The Balaban J connectivity index is 0.00000324. The molecule has 1 aliphatic rings. The molecule has 0 saturated heterocycles. The predicted octanol–water partition coefficient (Wildman–Crippen LogP) is 4.84. The van der Waals surface area contributed by atoms with Crippen LogP contribution in [0.3, 0.4) is 0 Å². The minimum Gasteiger partial charge on any atom is -0.406 e. The summed E-state index contributed by atoms with van der Waals surface area (Å²) in [4.78, 5) is 14.7. The average Bonchev–Trinajstić information content (AvgIpc) is 3.17. The van der Waals surface area contributed by atoms with Crippen molar-refractivity contribution in [2.75, 3.05) is 32.1 Å². The van der Waals surface area contributed by atoms with E-state index in [0.717, 1.165) is 16.9 Å². The van der Waals surface area contributed by atoms with E-state index >= 15 is 0 Å². The van der Waals surface area contributed by atoms with Crippen molar-refractivity contribution in [3.63, 3.8) is 0 Å². The zero-order valence-electron chi connectivity index (χ0n) is 18.7. The van der Waals surface area contributed by atoms with Crippen LogP contribution in [0.4, 0.5) is 18.9 Å². The van der Waals surface area contributed by atoms with Gasteiger partial charge in [-0.3, -0.25) is 4.79 Å². The summed E-state index contributed by atoms with van der Waals surface area (Å²) in [5.41, 5.74) is 10.1. The Morgan fingerprint density at radius 3 is 2.44 bits per heavy atom. The molecule has 0 unspecified atom stereocenters. The summed E-state index contributed by atoms with van der Waals surface area (Å²) in [6.07, 6.45) is -4.16. The highest BCUT2D eigenvalue weighted by molar-refractivity contribution is 5.98. The summed E-state index contributed by atoms with van der Waals surface area (Å²) in [7, 11) is 3.88. The highest BCUT2D eigenvalue weighted by Crippen LogP contribution is 2.41. The van der Waals surface area contributed by atoms with Gasteiger partial charge in [-0.05, 0) is 54.4 Å². The first-order valence-electron chi connectivity index (χ1n) is 10.6. The van der Waals surface area contributed by atoms with E-state index in [2.05, 4.69) is 10.1 Å². The van der Waals surface area contributed by atoms with Crippen molar-refractivity contribution in [1.82, 2.24) is 9.88 Å². The SMILES string of the molecule is CN(C)c1ccc(-c2c(-c3cccc(OC(F)(F)F)c3)cc3n2[C@@H](CCN)CNC3=O)cc1.Cl. The molecule has 1 amide bonds. The zero-order valence-corrected chi connectivity index (χ0v) is 19.5. The van der Waals surface area contributed by atoms with E-state index in [4.69, 9.17) is 5.73 Å². The van der Waals surface area contributed by atoms with E-state index in [-0.39, 0.29) is 30.1 Å². The first-order valence-corrected chi connectivity index (χ1v) is 10.6. The quantitative estimate of drug-likeness (QED) is 0.514. The van der Waals surface area contributed by atoms with Gasteiger partial charge in [0.25, 0.3) is 5.91 Å². The van der Waals surface area contributed by atoms with Crippen LogP contribution < -0.4 is 20.7 Å². The number of halogens is 4. The summed E-state index contributed by atoms with van der Waals surface area (Å²) in [5, 5.41) is 2.89. The number of nitrogens with zero attached hydrogens (tertiary/aromatic N) is 2. The summed E-state index contributed by atoms with van der Waals surface area (Å²) < 4.78 is 44.5. The number of aromatic nitrogens is 1. The molecule has 0 bridgehead atoms. The largest absolute Gasteiger partial charge is 0.573 e. The van der Waals surface area contributed by atoms with Crippen molar-refractivity contribution >= 4 is 24.0 Å². The van der Waals surface area contributed by atoms with Crippen molar-refractivity contribution in [2.45, 2.75) is 18.8 Å². The van der Waals surface area contributed by atoms with Crippen molar-refractivity contribution in [1.29, 1.82) is 0 Å². The smallest absolute Gasteiger partial charge is 0.406 e. The van der Waals surface area contributed by atoms with Gasteiger partial charge in [-0.15, -0.1) is 25.6 Å². The lowest BCUT2D eigenvalue weighted by molar-refractivity contribution is -0.274. The summed E-state index contributed by atoms with van der Waals surface area (Å²) in [6, 6.07) is 15.3. The van der Waals surface area contributed by atoms with Gasteiger partial charge in [-0.1, -0.05) is 24.3 Å². The number of carbonyl (C=O) groups is 1. The lowest BCUT2D eigenvalue weighted by Gasteiger charge is -2.28. The average molecular weight is 495 g/mol. The molecule has 2 aromatic carbocycles. The standard InChI is InChI=1S/C24H25F3N4O2.ClH/c1-30(2)17-8-6-15(7-9-17)22-20(16-4-3-5-19(12-16)33-24(25,26)27)13-21-23(32)29-14-18(10-11-28)31(21)22;/h3-9,12-13,18H,10-11,14,28H2,1-2H3,(H,29,32);1H/t18-;/m0./s1. The van der Waals surface area contributed by atoms with Gasteiger partial charge in [0.1, 0.15) is 11.4 Å². The molecule has 3 aromatic rings. The fourth-order valence-electron chi connectivity index (χ4n) is 4.19. The maximum Gasteiger partial charge on any atom is 0.573 e. The summed E-state index contributed by atoms with van der Waals surface area (Å²) in [6.45, 7) is 0.860. The van der Waals surface area contributed by atoms with Crippen LogP contribution in [0.1, 0.15) is 23.0 Å². The fraction of sp³-hybridized carbons (Fsp3) is 0.292. The van der Waals surface area contributed by atoms with Crippen LogP contribution in [0, 0.1) is 0 Å². The summed E-state index contributed by atoms with van der Waals surface area (Å²) in [5.74, 6) is -0.551. The minimum absolute atomic E-state index is 0. The molecule has 2 heterocycles. The lowest BCUT2D eigenvalue weighted by Crippen LogP contribution is -2.39. The highest BCUT2D eigenvalue weighted by Gasteiger charge is 2.32. The Labute approximate surface area is 201 Å². The van der Waals surface area contributed by atoms with Crippen LogP contribution in [0.2, 0.25) is 0 Å². The van der Waals surface area contributed by atoms with E-state index in [1.54, 1.807) is 12.1 Å². The van der Waals surface area contributed by atoms with E-state index in [1.165, 1.54) is 18.2 Å². The maximum atomic E-state index is 12.8. The molecule has 10 heteroatoms. The van der Waals surface area contributed by atoms with E-state index in [9.17, 15) is 18.0 Å². The normalized spacial score (nSPS) is 15.2. The van der Waals surface area contributed by atoms with Crippen molar-refractivity contribution < 1.29 is 22.7 Å². The minimum atomic E-state index is -4.80. The van der Waals surface area contributed by atoms with Crippen LogP contribution in [-0.2, 0) is 0 Å². The van der Waals surface area contributed by atoms with Crippen molar-refractivity contribution in [2.24, 2.45) is 5.73 Å². The molecule has 0 saturated carbocycles. The Hall–Kier alpha value is -3.17. The maximum absolute atomic E-state index is 12.8. The first-order chi connectivity index (χ1) is 15.7. The molecular weight excluding hydrogens is 469 g/mol. The van der Waals surface area contributed by atoms with Crippen molar-refractivity contribution in [3.05, 3.63) is 60.3 Å². The van der Waals surface area contributed by atoms with E-state index in [1.807, 2.05) is 47.8 Å². The van der Waals surface area contributed by atoms with Crippen LogP contribution in [-0.4, -0.2) is 44.0 Å². The van der Waals surface area contributed by atoms with Gasteiger partial charge in [0, 0.05) is 31.9 Å². The molecule has 6 nitrogen and oxygen atoms in total. The van der Waals surface area contributed by atoms with Gasteiger partial charge < -0.3 is 25.3 Å². The molecule has 0 spiro atoms. The topological polar surface area (TPSA) is 72.5 Å². The molecule has 182 valence electrons. The summed E-state index contributed by atoms with van der Waals surface area (Å²) >= 11 is 0. The van der Waals surface area contributed by atoms with Crippen LogP contribution >= 0.6 is 12.4 Å². The second kappa shape index (κ2) is 9.99. The third-order valence-electron chi connectivity index (χ3n) is 5.67. The zero-order chi connectivity index (χ0) is 23.8. The number of alkyl halides is 3. The Bertz CT molecular complexity index is 1160. The molecule has 4 rings (SSSR count). The number of nitrogens with one attached hydrogen (secondary N) is 1. The monoisotopic (exact) mass is 494 g/mol. The predicted molar refractivity (Wildman–Crippen MR) is 129 cm³/mol. The van der Waals surface area contributed by atoms with Gasteiger partial charge >= 0.3 is 6.36 Å². The molecule has 0 radical (unpaired) electrons. The van der Waals surface area contributed by atoms with Crippen molar-refractivity contribution in [3.8, 4) is 28.1 Å². The van der Waals surface area contributed by atoms with E-state index < -0.39 is 6.36 Å². The molecule has 0 aliphatic carbocycles. The number of amides is 1. The van der Waals surface area contributed by atoms with Crippen LogP contribution in [0.15, 0.2) is 54.6 Å². The van der Waals surface area contributed by atoms with Crippen LogP contribution in [0.25, 0.3) is 22.4 Å². The Kier molecular flexibility index (Phi) is 7.48. The number of nitrogens with two attached hydrogens (primary N) is 1. The van der Waals surface area contributed by atoms with Gasteiger partial charge in [-0.25, -0.2) is 0 Å². The number of benzene rings is 2. The van der Waals surface area contributed by atoms with Gasteiger partial charge in [0.15, 0.2) is 0 Å². The molecule has 1 atom stereocenters. The van der Waals surface area contributed by atoms with Gasteiger partial charge in [-0.2, -0.15) is 0 Å². The first kappa shape index (κ1) is 25.5. The molecule has 3 N–H and O–H groups in total. The van der Waals surface area contributed by atoms with Gasteiger partial charge in [0.05, 0.1) is 11.7 Å².